The molecule has 35 heavy (non-hydrogen) atoms. The molecule has 4 aromatic rings. The van der Waals surface area contributed by atoms with E-state index in [9.17, 15) is 9.59 Å². The van der Waals surface area contributed by atoms with Crippen molar-refractivity contribution in [2.24, 2.45) is 0 Å². The smallest absolute Gasteiger partial charge is 0.277 e. The fourth-order valence-corrected chi connectivity index (χ4v) is 4.61. The van der Waals surface area contributed by atoms with Crippen LogP contribution in [0.2, 0.25) is 0 Å². The number of furan rings is 1. The van der Waals surface area contributed by atoms with Gasteiger partial charge in [-0.25, -0.2) is 0 Å². The molecule has 1 atom stereocenters. The summed E-state index contributed by atoms with van der Waals surface area (Å²) in [5.41, 5.74) is 3.68. The van der Waals surface area contributed by atoms with Crippen LogP contribution in [-0.4, -0.2) is 27.1 Å². The number of hydrogen-bond donors (Lipinski definition) is 1. The van der Waals surface area contributed by atoms with Crippen LogP contribution in [0, 0.1) is 6.92 Å². The van der Waals surface area contributed by atoms with Gasteiger partial charge >= 0.3 is 0 Å². The largest absolute Gasteiger partial charge is 0.463 e. The van der Waals surface area contributed by atoms with Crippen molar-refractivity contribution in [3.8, 4) is 11.5 Å². The third-order valence-corrected chi connectivity index (χ3v) is 6.60. The first-order chi connectivity index (χ1) is 16.9. The number of para-hydroxylation sites is 1. The van der Waals surface area contributed by atoms with Gasteiger partial charge in [0.15, 0.2) is 5.76 Å². The van der Waals surface area contributed by atoms with Crippen molar-refractivity contribution in [3.63, 3.8) is 0 Å². The standard InChI is InChI=1S/C28H28N4O3/c1-4-21-8-5-6-9-23(21)32-26(33)24-16-22(25-10-7-15-35-25)30-31(24)18-28(32,3)27(34)29-17-20-13-11-19(2)12-14-20/h5-16H,4,17-18H2,1-3H3,(H,29,34)/t28-/m0/s1. The number of aromatic nitrogens is 2. The topological polar surface area (TPSA) is 80.4 Å². The van der Waals surface area contributed by atoms with Crippen molar-refractivity contribution in [2.45, 2.75) is 45.8 Å². The first-order valence-corrected chi connectivity index (χ1v) is 11.8. The van der Waals surface area contributed by atoms with Crippen LogP contribution >= 0.6 is 0 Å². The molecule has 0 radical (unpaired) electrons. The van der Waals surface area contributed by atoms with E-state index in [1.165, 1.54) is 0 Å². The number of nitrogens with zero attached hydrogens (tertiary/aromatic N) is 3. The van der Waals surface area contributed by atoms with Gasteiger partial charge < -0.3 is 9.73 Å². The van der Waals surface area contributed by atoms with Gasteiger partial charge in [-0.1, -0.05) is 55.0 Å². The van der Waals surface area contributed by atoms with Gasteiger partial charge in [0.1, 0.15) is 16.9 Å². The van der Waals surface area contributed by atoms with E-state index in [1.54, 1.807) is 41.0 Å². The number of hydrogen-bond acceptors (Lipinski definition) is 4. The highest BCUT2D eigenvalue weighted by Crippen LogP contribution is 2.36. The molecule has 0 saturated heterocycles. The van der Waals surface area contributed by atoms with E-state index in [1.807, 2.05) is 62.4 Å². The van der Waals surface area contributed by atoms with Crippen LogP contribution in [0.15, 0.2) is 77.4 Å². The minimum Gasteiger partial charge on any atom is -0.463 e. The second-order valence-electron chi connectivity index (χ2n) is 9.11. The predicted molar refractivity (Wildman–Crippen MR) is 134 cm³/mol. The summed E-state index contributed by atoms with van der Waals surface area (Å²) < 4.78 is 7.12. The molecule has 1 aliphatic heterocycles. The highest BCUT2D eigenvalue weighted by molar-refractivity contribution is 6.12. The first kappa shape index (κ1) is 22.7. The number of amides is 2. The van der Waals surface area contributed by atoms with Crippen LogP contribution in [0.4, 0.5) is 5.69 Å². The number of anilines is 1. The van der Waals surface area contributed by atoms with Crippen LogP contribution in [0.5, 0.6) is 0 Å². The van der Waals surface area contributed by atoms with Crippen LogP contribution in [0.1, 0.15) is 41.0 Å². The highest BCUT2D eigenvalue weighted by atomic mass is 16.3. The Morgan fingerprint density at radius 2 is 1.89 bits per heavy atom. The molecule has 1 N–H and O–H groups in total. The summed E-state index contributed by atoms with van der Waals surface area (Å²) >= 11 is 0. The fraction of sp³-hybridized carbons (Fsp3) is 0.250. The molecule has 3 heterocycles. The van der Waals surface area contributed by atoms with E-state index in [4.69, 9.17) is 4.42 Å². The molecule has 0 spiro atoms. The zero-order valence-corrected chi connectivity index (χ0v) is 20.1. The van der Waals surface area contributed by atoms with E-state index in [-0.39, 0.29) is 18.4 Å². The zero-order valence-electron chi connectivity index (χ0n) is 20.1. The number of aryl methyl sites for hydroxylation is 2. The van der Waals surface area contributed by atoms with Crippen molar-refractivity contribution >= 4 is 17.5 Å². The summed E-state index contributed by atoms with van der Waals surface area (Å²) in [5.74, 6) is 0.0687. The zero-order chi connectivity index (χ0) is 24.6. The molecule has 0 aliphatic carbocycles. The second kappa shape index (κ2) is 8.91. The number of carbonyl (C=O) groups excluding carboxylic acids is 2. The molecule has 2 aromatic heterocycles. The minimum absolute atomic E-state index is 0.215. The average molecular weight is 469 g/mol. The molecular formula is C28H28N4O3. The quantitative estimate of drug-likeness (QED) is 0.443. The van der Waals surface area contributed by atoms with Crippen molar-refractivity contribution in [1.82, 2.24) is 15.1 Å². The van der Waals surface area contributed by atoms with Crippen LogP contribution in [-0.2, 0) is 24.3 Å². The van der Waals surface area contributed by atoms with Crippen LogP contribution < -0.4 is 10.2 Å². The van der Waals surface area contributed by atoms with E-state index in [0.29, 0.717) is 23.7 Å². The van der Waals surface area contributed by atoms with Crippen LogP contribution in [0.3, 0.4) is 0 Å². The van der Waals surface area contributed by atoms with Gasteiger partial charge in [0.25, 0.3) is 5.91 Å². The van der Waals surface area contributed by atoms with Gasteiger partial charge in [0.2, 0.25) is 5.91 Å². The Labute approximate surface area is 204 Å². The van der Waals surface area contributed by atoms with E-state index < -0.39 is 5.54 Å². The Bertz CT molecular complexity index is 1370. The first-order valence-electron chi connectivity index (χ1n) is 11.8. The van der Waals surface area contributed by atoms with Crippen molar-refractivity contribution in [1.29, 1.82) is 0 Å². The van der Waals surface area contributed by atoms with Gasteiger partial charge in [0.05, 0.1) is 12.8 Å². The summed E-state index contributed by atoms with van der Waals surface area (Å²) in [6.07, 6.45) is 2.31. The number of carbonyl (C=O) groups is 2. The normalized spacial score (nSPS) is 17.3. The Kier molecular flexibility index (Phi) is 5.76. The van der Waals surface area contributed by atoms with Gasteiger partial charge in [-0.05, 0) is 49.6 Å². The Morgan fingerprint density at radius 1 is 1.11 bits per heavy atom. The summed E-state index contributed by atoms with van der Waals surface area (Å²) in [4.78, 5) is 29.4. The van der Waals surface area contributed by atoms with Crippen LogP contribution in [0.25, 0.3) is 11.5 Å². The average Bonchev–Trinajstić information content (AvgIpc) is 3.54. The summed E-state index contributed by atoms with van der Waals surface area (Å²) in [7, 11) is 0. The van der Waals surface area contributed by atoms with Gasteiger partial charge in [0, 0.05) is 18.3 Å². The van der Waals surface area contributed by atoms with Crippen molar-refractivity contribution in [2.75, 3.05) is 4.90 Å². The Hall–Kier alpha value is -4.13. The number of rotatable bonds is 6. The predicted octanol–water partition coefficient (Wildman–Crippen LogP) is 4.75. The maximum atomic E-state index is 14.0. The lowest BCUT2D eigenvalue weighted by molar-refractivity contribution is -0.126. The maximum absolute atomic E-state index is 14.0. The molecule has 0 saturated carbocycles. The summed E-state index contributed by atoms with van der Waals surface area (Å²) in [5, 5.41) is 7.67. The Morgan fingerprint density at radius 3 is 2.60 bits per heavy atom. The lowest BCUT2D eigenvalue weighted by atomic mass is 9.92. The summed E-state index contributed by atoms with van der Waals surface area (Å²) in [6.45, 7) is 6.46. The molecule has 5 rings (SSSR count). The number of fused-ring (bicyclic) bond motifs is 1. The molecule has 7 nitrogen and oxygen atoms in total. The Balaban J connectivity index is 1.55. The highest BCUT2D eigenvalue weighted by Gasteiger charge is 2.49. The number of benzene rings is 2. The van der Waals surface area contributed by atoms with Crippen molar-refractivity contribution < 1.29 is 14.0 Å². The van der Waals surface area contributed by atoms with Gasteiger partial charge in [-0.3, -0.25) is 19.2 Å². The molecule has 2 aromatic carbocycles. The molecule has 0 unspecified atom stereocenters. The third kappa shape index (κ3) is 4.03. The minimum atomic E-state index is -1.19. The molecule has 178 valence electrons. The van der Waals surface area contributed by atoms with Gasteiger partial charge in [-0.15, -0.1) is 0 Å². The van der Waals surface area contributed by atoms with E-state index in [2.05, 4.69) is 10.4 Å². The molecular weight excluding hydrogens is 440 g/mol. The van der Waals surface area contributed by atoms with Gasteiger partial charge in [-0.2, -0.15) is 5.10 Å². The maximum Gasteiger partial charge on any atom is 0.277 e. The van der Waals surface area contributed by atoms with E-state index >= 15 is 0 Å². The van der Waals surface area contributed by atoms with Crippen molar-refractivity contribution in [3.05, 3.63) is 95.4 Å². The summed E-state index contributed by atoms with van der Waals surface area (Å²) in [6, 6.07) is 21.1. The fourth-order valence-electron chi connectivity index (χ4n) is 4.61. The monoisotopic (exact) mass is 468 g/mol. The third-order valence-electron chi connectivity index (χ3n) is 6.60. The lowest BCUT2D eigenvalue weighted by Crippen LogP contribution is -2.64. The molecule has 2 amide bonds. The van der Waals surface area contributed by atoms with E-state index in [0.717, 1.165) is 28.8 Å². The molecule has 0 bridgehead atoms. The number of nitrogens with one attached hydrogen (secondary N) is 1. The SMILES string of the molecule is CCc1ccccc1N1C(=O)c2cc(-c3ccco3)nn2C[C@@]1(C)C(=O)NCc1ccc(C)cc1. The molecule has 7 heteroatoms. The lowest BCUT2D eigenvalue weighted by Gasteiger charge is -2.43. The molecule has 0 fully saturated rings. The second-order valence-corrected chi connectivity index (χ2v) is 9.11. The molecule has 1 aliphatic rings.